The van der Waals surface area contributed by atoms with Crippen LogP contribution < -0.4 is 5.11 Å². The number of nitrogens with zero attached hydrogens (tertiary/aromatic N) is 1. The maximum Gasteiger partial charge on any atom is 0.306 e. The fraction of sp³-hybridized carbons (Fsp3) is 0.570. The zero-order valence-corrected chi connectivity index (χ0v) is 60.7. The van der Waals surface area contributed by atoms with E-state index < -0.39 is 24.3 Å². The van der Waals surface area contributed by atoms with E-state index in [9.17, 15) is 19.5 Å². The van der Waals surface area contributed by atoms with Crippen molar-refractivity contribution in [2.75, 3.05) is 47.5 Å². The highest BCUT2D eigenvalue weighted by molar-refractivity contribution is 5.70. The summed E-state index contributed by atoms with van der Waals surface area (Å²) in [5.41, 5.74) is 0. The number of carbonyl (C=O) groups excluding carboxylic acids is 3. The van der Waals surface area contributed by atoms with Crippen molar-refractivity contribution >= 4 is 17.9 Å². The highest BCUT2D eigenvalue weighted by Crippen LogP contribution is 2.16. The van der Waals surface area contributed by atoms with Gasteiger partial charge in [-0.25, -0.2) is 0 Å². The summed E-state index contributed by atoms with van der Waals surface area (Å²) in [5.74, 6) is -2.35. The van der Waals surface area contributed by atoms with Gasteiger partial charge in [-0.05, 0) is 148 Å². The Bertz CT molecular complexity index is 2320. The number of ether oxygens (including phenoxy) is 4. The van der Waals surface area contributed by atoms with E-state index in [2.05, 4.69) is 220 Å². The zero-order chi connectivity index (χ0) is 69.0. The third-order valence-corrected chi connectivity index (χ3v) is 15.0. The average Bonchev–Trinajstić information content (AvgIpc) is 3.24. The summed E-state index contributed by atoms with van der Waals surface area (Å²) < 4.78 is 22.8. The number of carboxylic acids is 1. The largest absolute Gasteiger partial charge is 0.545 e. The van der Waals surface area contributed by atoms with Gasteiger partial charge in [-0.1, -0.05) is 304 Å². The van der Waals surface area contributed by atoms with Crippen LogP contribution in [0.4, 0.5) is 0 Å². The second-order valence-electron chi connectivity index (χ2n) is 25.1. The molecule has 0 heterocycles. The molecule has 0 fully saturated rings. The van der Waals surface area contributed by atoms with Gasteiger partial charge in [-0.2, -0.15) is 0 Å². The Hall–Kier alpha value is -6.13. The highest BCUT2D eigenvalue weighted by atomic mass is 16.7. The molecule has 0 aliphatic rings. The molecule has 0 radical (unpaired) electrons. The fourth-order valence-electron chi connectivity index (χ4n) is 9.43. The van der Waals surface area contributed by atoms with Gasteiger partial charge >= 0.3 is 11.9 Å². The number of hydrogen-bond acceptors (Lipinski definition) is 8. The predicted molar refractivity (Wildman–Crippen MR) is 407 cm³/mol. The molecule has 95 heavy (non-hydrogen) atoms. The minimum atomic E-state index is -1.65. The van der Waals surface area contributed by atoms with Gasteiger partial charge in [0.2, 0.25) is 0 Å². The van der Waals surface area contributed by atoms with Crippen LogP contribution in [-0.2, 0) is 33.3 Å². The maximum atomic E-state index is 12.9. The summed E-state index contributed by atoms with van der Waals surface area (Å²) in [6, 6.07) is 0. The molecule has 0 bridgehead atoms. The molecular weight excluding hydrogens is 1170 g/mol. The van der Waals surface area contributed by atoms with Gasteiger partial charge in [0.1, 0.15) is 13.2 Å². The van der Waals surface area contributed by atoms with Gasteiger partial charge in [0.25, 0.3) is 0 Å². The monoisotopic (exact) mass is 1310 g/mol. The number of allylic oxidation sites excluding steroid dienone is 34. The van der Waals surface area contributed by atoms with Crippen molar-refractivity contribution in [3.8, 4) is 0 Å². The van der Waals surface area contributed by atoms with Crippen LogP contribution in [-0.4, -0.2) is 82.3 Å². The highest BCUT2D eigenvalue weighted by Gasteiger charge is 2.22. The van der Waals surface area contributed by atoms with Gasteiger partial charge in [0.05, 0.1) is 40.3 Å². The number of likely N-dealkylation sites (N-methyl/N-ethyl adjacent to an activating group) is 1. The number of quaternary nitrogens is 1. The van der Waals surface area contributed by atoms with E-state index in [1.165, 1.54) is 70.6 Å². The molecular formula is C86H135NO8. The first-order valence-corrected chi connectivity index (χ1v) is 37.2. The third kappa shape index (κ3) is 75.1. The lowest BCUT2D eigenvalue weighted by molar-refractivity contribution is -0.870. The third-order valence-electron chi connectivity index (χ3n) is 15.0. The lowest BCUT2D eigenvalue weighted by Gasteiger charge is -2.26. The van der Waals surface area contributed by atoms with Crippen LogP contribution in [0.2, 0.25) is 0 Å². The molecule has 0 rings (SSSR count). The molecule has 0 spiro atoms. The van der Waals surface area contributed by atoms with E-state index in [0.717, 1.165) is 154 Å². The molecule has 9 nitrogen and oxygen atoms in total. The lowest BCUT2D eigenvalue weighted by Crippen LogP contribution is -2.44. The maximum absolute atomic E-state index is 12.9. The van der Waals surface area contributed by atoms with Crippen molar-refractivity contribution < 1.29 is 42.9 Å². The minimum absolute atomic E-state index is 0.130. The van der Waals surface area contributed by atoms with Crippen LogP contribution >= 0.6 is 0 Å². The molecule has 2 unspecified atom stereocenters. The number of unbranched alkanes of at least 4 members (excludes halogenated alkanes) is 17. The fourth-order valence-corrected chi connectivity index (χ4v) is 9.43. The van der Waals surface area contributed by atoms with Crippen molar-refractivity contribution in [1.29, 1.82) is 0 Å². The van der Waals surface area contributed by atoms with Crippen molar-refractivity contribution in [3.05, 3.63) is 207 Å². The first-order chi connectivity index (χ1) is 46.6. The number of hydrogen-bond donors (Lipinski definition) is 0. The van der Waals surface area contributed by atoms with Crippen LogP contribution in [0.5, 0.6) is 0 Å². The summed E-state index contributed by atoms with van der Waals surface area (Å²) in [6.07, 6.45) is 112. The molecule has 0 aliphatic carbocycles. The number of carboxylic acid groups (broad SMARTS) is 1. The average molecular weight is 1310 g/mol. The predicted octanol–water partition coefficient (Wildman–Crippen LogP) is 22.6. The summed E-state index contributed by atoms with van der Waals surface area (Å²) in [6.45, 7) is 4.46. The van der Waals surface area contributed by atoms with Crippen molar-refractivity contribution in [2.24, 2.45) is 0 Å². The van der Waals surface area contributed by atoms with E-state index in [4.69, 9.17) is 18.9 Å². The number of aliphatic carboxylic acids is 1. The topological polar surface area (TPSA) is 111 Å². The molecule has 0 aromatic heterocycles. The molecule has 0 aromatic rings. The minimum Gasteiger partial charge on any atom is -0.545 e. The van der Waals surface area contributed by atoms with Crippen LogP contribution in [0.15, 0.2) is 207 Å². The first-order valence-electron chi connectivity index (χ1n) is 37.2. The Kier molecular flexibility index (Phi) is 68.9. The van der Waals surface area contributed by atoms with Crippen LogP contribution in [0.25, 0.3) is 0 Å². The van der Waals surface area contributed by atoms with Crippen molar-refractivity contribution in [1.82, 2.24) is 0 Å². The molecule has 532 valence electrons. The normalized spacial score (nSPS) is 13.9. The summed E-state index contributed by atoms with van der Waals surface area (Å²) >= 11 is 0. The number of rotatable bonds is 66. The first kappa shape index (κ1) is 88.9. The summed E-state index contributed by atoms with van der Waals surface area (Å²) in [4.78, 5) is 37.5. The standard InChI is InChI=1S/C86H135NO8/c1-6-8-10-12-14-16-18-20-22-24-26-28-30-32-34-36-38-39-40-41-42-43-44-45-47-48-50-52-54-56-58-60-62-64-66-68-70-72-74-76-83(88)93-80-82(81-94-86(85(90)91)92-79-78-87(3,4)5)95-84(89)77-75-73-71-69-67-65-63-61-59-57-55-53-51-49-46-37-35-33-31-29-27-25-23-21-19-17-15-13-11-9-7-2/h8-11,14-17,20-23,26-29,32-35,38-39,41-42,44-46,49,53,55,59,61,65,67,82,86H,6-7,12-13,18-19,24-25,30-31,36-37,40,43,47-48,50-52,54,56-58,60,62-64,66,68-81H2,1-5H3/b10-8-,11-9-,16-14-,17-15-,22-20-,23-21-,28-26-,29-27-,34-32-,35-33-,39-38-,42-41-,45-44-,49-46-,55-53-,61-59-,67-65-. The molecule has 0 aliphatic heterocycles. The SMILES string of the molecule is CC/C=C\C/C=C\C/C=C\C/C=C\C/C=C\C/C=C\C/C=C\C/C=C\C/C=C\CCCCCC(=O)OC(COC(=O)CCCCCCCCCCCCCCCC/C=C\C/C=C\C/C=C\C/C=C\C/C=C\C/C=C\C/C=C\C/C=C\CC)COC(OCC[N+](C)(C)C)C(=O)[O-]. The van der Waals surface area contributed by atoms with Crippen LogP contribution in [0, 0.1) is 0 Å². The van der Waals surface area contributed by atoms with E-state index >= 15 is 0 Å². The van der Waals surface area contributed by atoms with Gasteiger partial charge < -0.3 is 33.3 Å². The summed E-state index contributed by atoms with van der Waals surface area (Å²) in [5, 5.41) is 11.8. The molecule has 0 N–H and O–H groups in total. The second kappa shape index (κ2) is 73.7. The van der Waals surface area contributed by atoms with E-state index in [-0.39, 0.29) is 38.6 Å². The van der Waals surface area contributed by atoms with Gasteiger partial charge in [0.15, 0.2) is 12.4 Å². The Balaban J connectivity index is 4.20. The molecule has 0 amide bonds. The Labute approximate surface area is 582 Å². The van der Waals surface area contributed by atoms with E-state index in [1.807, 2.05) is 21.1 Å². The molecule has 9 heteroatoms. The quantitative estimate of drug-likeness (QED) is 0.0195. The van der Waals surface area contributed by atoms with Gasteiger partial charge in [0, 0.05) is 12.8 Å². The van der Waals surface area contributed by atoms with Crippen molar-refractivity contribution in [2.45, 2.75) is 270 Å². The number of esters is 2. The zero-order valence-electron chi connectivity index (χ0n) is 60.7. The smallest absolute Gasteiger partial charge is 0.306 e. The second-order valence-corrected chi connectivity index (χ2v) is 25.1. The molecule has 0 saturated carbocycles. The van der Waals surface area contributed by atoms with Crippen LogP contribution in [0.1, 0.15) is 258 Å². The molecule has 0 saturated heterocycles. The van der Waals surface area contributed by atoms with Crippen molar-refractivity contribution in [3.63, 3.8) is 0 Å². The Morgan fingerprint density at radius 1 is 0.316 bits per heavy atom. The molecule has 2 atom stereocenters. The Morgan fingerprint density at radius 3 is 0.853 bits per heavy atom. The van der Waals surface area contributed by atoms with Crippen LogP contribution in [0.3, 0.4) is 0 Å². The lowest BCUT2D eigenvalue weighted by atomic mass is 10.0. The van der Waals surface area contributed by atoms with E-state index in [1.54, 1.807) is 0 Å². The number of carbonyl (C=O) groups is 3. The van der Waals surface area contributed by atoms with E-state index in [0.29, 0.717) is 17.4 Å². The molecule has 0 aromatic carbocycles. The summed E-state index contributed by atoms with van der Waals surface area (Å²) in [7, 11) is 5.91. The van der Waals surface area contributed by atoms with Gasteiger partial charge in [-0.15, -0.1) is 0 Å². The van der Waals surface area contributed by atoms with Gasteiger partial charge in [-0.3, -0.25) is 9.59 Å². The Morgan fingerprint density at radius 2 is 0.568 bits per heavy atom.